The summed E-state index contributed by atoms with van der Waals surface area (Å²) in [4.78, 5) is 0. The summed E-state index contributed by atoms with van der Waals surface area (Å²) in [5.41, 5.74) is 4.04. The molecule has 0 fully saturated rings. The Morgan fingerprint density at radius 3 is 2.75 bits per heavy atom. The van der Waals surface area contributed by atoms with Crippen molar-refractivity contribution in [2.75, 3.05) is 7.05 Å². The van der Waals surface area contributed by atoms with Crippen LogP contribution in [-0.2, 0) is 12.8 Å². The van der Waals surface area contributed by atoms with Crippen LogP contribution >= 0.6 is 23.2 Å². The van der Waals surface area contributed by atoms with Crippen molar-refractivity contribution in [2.45, 2.75) is 24.8 Å². The average Bonchev–Trinajstić information content (AvgIpc) is 2.43. The van der Waals surface area contributed by atoms with E-state index in [1.807, 2.05) is 25.2 Å². The SMILES string of the molecule is CNC(Cc1cc(Cl)ccc1Cl)C1Cc2ccccc21. The minimum Gasteiger partial charge on any atom is -0.316 e. The van der Waals surface area contributed by atoms with Crippen LogP contribution in [-0.4, -0.2) is 13.1 Å². The molecule has 2 unspecified atom stereocenters. The molecule has 20 heavy (non-hydrogen) atoms. The van der Waals surface area contributed by atoms with Crippen molar-refractivity contribution < 1.29 is 0 Å². The Balaban J connectivity index is 1.81. The average molecular weight is 306 g/mol. The lowest BCUT2D eigenvalue weighted by Gasteiger charge is -2.36. The van der Waals surface area contributed by atoms with Crippen LogP contribution in [0.3, 0.4) is 0 Å². The highest BCUT2D eigenvalue weighted by atomic mass is 35.5. The van der Waals surface area contributed by atoms with Gasteiger partial charge in [0.05, 0.1) is 0 Å². The van der Waals surface area contributed by atoms with E-state index in [-0.39, 0.29) is 0 Å². The van der Waals surface area contributed by atoms with Crippen LogP contribution in [0.15, 0.2) is 42.5 Å². The largest absolute Gasteiger partial charge is 0.316 e. The molecule has 0 spiro atoms. The van der Waals surface area contributed by atoms with Gasteiger partial charge >= 0.3 is 0 Å². The molecule has 0 saturated carbocycles. The monoisotopic (exact) mass is 305 g/mol. The number of hydrogen-bond donors (Lipinski definition) is 1. The third-order valence-corrected chi connectivity index (χ3v) is 4.80. The Morgan fingerprint density at radius 1 is 1.20 bits per heavy atom. The second-order valence-corrected chi connectivity index (χ2v) is 6.19. The molecule has 0 amide bonds. The van der Waals surface area contributed by atoms with E-state index in [0.717, 1.165) is 28.5 Å². The smallest absolute Gasteiger partial charge is 0.0439 e. The molecule has 3 rings (SSSR count). The Morgan fingerprint density at radius 2 is 2.00 bits per heavy atom. The molecule has 2 aromatic rings. The van der Waals surface area contributed by atoms with E-state index in [2.05, 4.69) is 29.6 Å². The number of hydrogen-bond acceptors (Lipinski definition) is 1. The molecule has 1 aliphatic carbocycles. The Hall–Kier alpha value is -1.02. The van der Waals surface area contributed by atoms with Crippen LogP contribution in [0.5, 0.6) is 0 Å². The number of benzene rings is 2. The molecule has 0 saturated heterocycles. The van der Waals surface area contributed by atoms with Crippen LogP contribution in [0.2, 0.25) is 10.0 Å². The lowest BCUT2D eigenvalue weighted by atomic mass is 9.72. The molecular weight excluding hydrogens is 289 g/mol. The predicted molar refractivity (Wildman–Crippen MR) is 85.9 cm³/mol. The quantitative estimate of drug-likeness (QED) is 0.879. The number of fused-ring (bicyclic) bond motifs is 1. The van der Waals surface area contributed by atoms with E-state index in [0.29, 0.717) is 12.0 Å². The fraction of sp³-hybridized carbons (Fsp3) is 0.294. The maximum atomic E-state index is 6.28. The summed E-state index contributed by atoms with van der Waals surface area (Å²) in [6, 6.07) is 14.7. The van der Waals surface area contributed by atoms with Crippen LogP contribution in [0.1, 0.15) is 22.6 Å². The summed E-state index contributed by atoms with van der Waals surface area (Å²) < 4.78 is 0. The summed E-state index contributed by atoms with van der Waals surface area (Å²) in [5, 5.41) is 4.98. The van der Waals surface area contributed by atoms with Gasteiger partial charge in [-0.15, -0.1) is 0 Å². The third kappa shape index (κ3) is 2.58. The predicted octanol–water partition coefficient (Wildman–Crippen LogP) is 4.46. The number of halogens is 2. The fourth-order valence-electron chi connectivity index (χ4n) is 3.04. The van der Waals surface area contributed by atoms with Crippen molar-refractivity contribution in [3.05, 3.63) is 69.2 Å². The van der Waals surface area contributed by atoms with Crippen molar-refractivity contribution in [3.8, 4) is 0 Å². The van der Waals surface area contributed by atoms with Crippen molar-refractivity contribution >= 4 is 23.2 Å². The zero-order valence-corrected chi connectivity index (χ0v) is 12.9. The van der Waals surface area contributed by atoms with Crippen molar-refractivity contribution in [1.29, 1.82) is 0 Å². The van der Waals surface area contributed by atoms with E-state index < -0.39 is 0 Å². The molecule has 0 aromatic heterocycles. The van der Waals surface area contributed by atoms with Crippen LogP contribution in [0.4, 0.5) is 0 Å². The van der Waals surface area contributed by atoms with E-state index in [4.69, 9.17) is 23.2 Å². The molecule has 0 heterocycles. The molecule has 1 aliphatic rings. The lowest BCUT2D eigenvalue weighted by molar-refractivity contribution is 0.422. The number of nitrogens with one attached hydrogen (secondary N) is 1. The molecule has 0 aliphatic heterocycles. The van der Waals surface area contributed by atoms with Gasteiger partial charge in [0, 0.05) is 22.0 Å². The first-order chi connectivity index (χ1) is 9.69. The third-order valence-electron chi connectivity index (χ3n) is 4.20. The molecule has 1 nitrogen and oxygen atoms in total. The maximum Gasteiger partial charge on any atom is 0.0439 e. The van der Waals surface area contributed by atoms with Gasteiger partial charge in [0.1, 0.15) is 0 Å². The summed E-state index contributed by atoms with van der Waals surface area (Å²) in [6.07, 6.45) is 2.04. The zero-order valence-electron chi connectivity index (χ0n) is 11.4. The van der Waals surface area contributed by atoms with E-state index >= 15 is 0 Å². The maximum absolute atomic E-state index is 6.28. The highest BCUT2D eigenvalue weighted by molar-refractivity contribution is 6.33. The van der Waals surface area contributed by atoms with E-state index in [1.165, 1.54) is 11.1 Å². The molecule has 2 atom stereocenters. The standard InChI is InChI=1S/C17H17Cl2N/c1-20-17(10-12-8-13(18)6-7-16(12)19)15-9-11-4-2-3-5-14(11)15/h2-8,15,17,20H,9-10H2,1H3. The fourth-order valence-corrected chi connectivity index (χ4v) is 3.43. The molecule has 1 N–H and O–H groups in total. The summed E-state index contributed by atoms with van der Waals surface area (Å²) in [6.45, 7) is 0. The van der Waals surface area contributed by atoms with Gasteiger partial charge in [-0.1, -0.05) is 47.5 Å². The Kier molecular flexibility index (Phi) is 4.02. The van der Waals surface area contributed by atoms with Gasteiger partial charge in [0.25, 0.3) is 0 Å². The van der Waals surface area contributed by atoms with Gasteiger partial charge in [-0.3, -0.25) is 0 Å². The number of rotatable bonds is 4. The van der Waals surface area contributed by atoms with Crippen LogP contribution in [0, 0.1) is 0 Å². The van der Waals surface area contributed by atoms with Crippen molar-refractivity contribution in [1.82, 2.24) is 5.32 Å². The van der Waals surface area contributed by atoms with Gasteiger partial charge in [-0.25, -0.2) is 0 Å². The first-order valence-corrected chi connectivity index (χ1v) is 7.63. The Bertz CT molecular complexity index is 624. The van der Waals surface area contributed by atoms with E-state index in [1.54, 1.807) is 0 Å². The highest BCUT2D eigenvalue weighted by Crippen LogP contribution is 2.38. The molecular formula is C17H17Cl2N. The highest BCUT2D eigenvalue weighted by Gasteiger charge is 2.32. The van der Waals surface area contributed by atoms with Gasteiger partial charge in [-0.2, -0.15) is 0 Å². The molecule has 0 radical (unpaired) electrons. The van der Waals surface area contributed by atoms with Gasteiger partial charge in [0.15, 0.2) is 0 Å². The molecule has 104 valence electrons. The normalized spacial score (nSPS) is 18.2. The topological polar surface area (TPSA) is 12.0 Å². The van der Waals surface area contributed by atoms with Crippen molar-refractivity contribution in [2.24, 2.45) is 0 Å². The minimum atomic E-state index is 0.390. The van der Waals surface area contributed by atoms with Crippen LogP contribution in [0.25, 0.3) is 0 Å². The lowest BCUT2D eigenvalue weighted by Crippen LogP contribution is -2.39. The molecule has 3 heteroatoms. The van der Waals surface area contributed by atoms with Gasteiger partial charge in [-0.05, 0) is 54.8 Å². The van der Waals surface area contributed by atoms with E-state index in [9.17, 15) is 0 Å². The number of likely N-dealkylation sites (N-methyl/N-ethyl adjacent to an activating group) is 1. The first kappa shape index (κ1) is 13.9. The van der Waals surface area contributed by atoms with Crippen molar-refractivity contribution in [3.63, 3.8) is 0 Å². The second kappa shape index (κ2) is 5.77. The minimum absolute atomic E-state index is 0.390. The Labute approximate surface area is 129 Å². The summed E-state index contributed by atoms with van der Waals surface area (Å²) in [5.74, 6) is 0.561. The van der Waals surface area contributed by atoms with Gasteiger partial charge < -0.3 is 5.32 Å². The molecule has 0 bridgehead atoms. The summed E-state index contributed by atoms with van der Waals surface area (Å²) in [7, 11) is 2.02. The zero-order chi connectivity index (χ0) is 14.1. The molecule has 2 aromatic carbocycles. The summed E-state index contributed by atoms with van der Waals surface area (Å²) >= 11 is 12.3. The second-order valence-electron chi connectivity index (χ2n) is 5.34. The van der Waals surface area contributed by atoms with Crippen LogP contribution < -0.4 is 5.32 Å². The first-order valence-electron chi connectivity index (χ1n) is 6.88. The van der Waals surface area contributed by atoms with Gasteiger partial charge in [0.2, 0.25) is 0 Å².